The van der Waals surface area contributed by atoms with Crippen molar-refractivity contribution in [2.75, 3.05) is 0 Å². The minimum atomic E-state index is 0.288. The predicted molar refractivity (Wildman–Crippen MR) is 65.2 cm³/mol. The summed E-state index contributed by atoms with van der Waals surface area (Å²) in [6.45, 7) is 2.95. The number of nitrogens with zero attached hydrogens (tertiary/aromatic N) is 2. The molecule has 1 fully saturated rings. The normalized spacial score (nSPS) is 17.9. The van der Waals surface area contributed by atoms with Gasteiger partial charge in [0, 0.05) is 12.6 Å². The molecule has 1 aromatic heterocycles. The highest BCUT2D eigenvalue weighted by molar-refractivity contribution is 5.75. The molecule has 0 spiro atoms. The van der Waals surface area contributed by atoms with Gasteiger partial charge in [-0.15, -0.1) is 0 Å². The number of hydrogen-bond donors (Lipinski definition) is 1. The van der Waals surface area contributed by atoms with Gasteiger partial charge in [0.25, 0.3) is 0 Å². The number of para-hydroxylation sites is 2. The molecule has 84 valence electrons. The first kappa shape index (κ1) is 9.85. The lowest BCUT2D eigenvalue weighted by molar-refractivity contribution is 0.503. The zero-order valence-corrected chi connectivity index (χ0v) is 9.56. The Bertz CT molecular complexity index is 511. The molecule has 1 heterocycles. The number of aryl methyl sites for hydroxylation is 1. The first-order valence-corrected chi connectivity index (χ1v) is 5.93. The molecule has 1 atom stereocenters. The van der Waals surface area contributed by atoms with Gasteiger partial charge in [-0.3, -0.25) is 0 Å². The third-order valence-electron chi connectivity index (χ3n) is 3.47. The quantitative estimate of drug-likeness (QED) is 0.852. The molecule has 2 N–H and O–H groups in total. The largest absolute Gasteiger partial charge is 0.327 e. The summed E-state index contributed by atoms with van der Waals surface area (Å²) in [4.78, 5) is 4.55. The van der Waals surface area contributed by atoms with E-state index in [4.69, 9.17) is 5.73 Å². The van der Waals surface area contributed by atoms with Gasteiger partial charge in [-0.25, -0.2) is 4.98 Å². The molecule has 3 heteroatoms. The van der Waals surface area contributed by atoms with Crippen molar-refractivity contribution in [3.63, 3.8) is 0 Å². The highest BCUT2D eigenvalue weighted by atomic mass is 15.1. The molecule has 1 saturated carbocycles. The molecule has 0 bridgehead atoms. The van der Waals surface area contributed by atoms with Crippen LogP contribution in [0.1, 0.15) is 18.7 Å². The monoisotopic (exact) mass is 215 g/mol. The Morgan fingerprint density at radius 1 is 1.44 bits per heavy atom. The maximum atomic E-state index is 6.18. The number of imidazole rings is 1. The van der Waals surface area contributed by atoms with Gasteiger partial charge < -0.3 is 10.3 Å². The molecule has 1 unspecified atom stereocenters. The average molecular weight is 215 g/mol. The minimum Gasteiger partial charge on any atom is -0.327 e. The summed E-state index contributed by atoms with van der Waals surface area (Å²) in [5.74, 6) is 1.80. The highest BCUT2D eigenvalue weighted by Gasteiger charge is 2.29. The minimum absolute atomic E-state index is 0.288. The van der Waals surface area contributed by atoms with Crippen LogP contribution in [0.5, 0.6) is 0 Å². The van der Waals surface area contributed by atoms with Crippen LogP contribution in [-0.2, 0) is 6.54 Å². The average Bonchev–Trinajstić information content (AvgIpc) is 3.06. The third kappa shape index (κ3) is 1.61. The second kappa shape index (κ2) is 3.59. The molecule has 0 aliphatic heterocycles. The molecular formula is C13H17N3. The van der Waals surface area contributed by atoms with Crippen LogP contribution in [0.25, 0.3) is 11.0 Å². The highest BCUT2D eigenvalue weighted by Crippen LogP contribution is 2.32. The predicted octanol–water partition coefficient (Wildman–Crippen LogP) is 2.08. The van der Waals surface area contributed by atoms with E-state index in [0.717, 1.165) is 23.8 Å². The smallest absolute Gasteiger partial charge is 0.106 e. The van der Waals surface area contributed by atoms with Gasteiger partial charge in [-0.05, 0) is 37.8 Å². The summed E-state index contributed by atoms with van der Waals surface area (Å²) in [5.41, 5.74) is 8.46. The van der Waals surface area contributed by atoms with Crippen molar-refractivity contribution in [2.24, 2.45) is 11.7 Å². The second-order valence-corrected chi connectivity index (χ2v) is 4.76. The van der Waals surface area contributed by atoms with E-state index < -0.39 is 0 Å². The summed E-state index contributed by atoms with van der Waals surface area (Å²) in [6.07, 6.45) is 2.60. The maximum absolute atomic E-state index is 6.18. The van der Waals surface area contributed by atoms with Crippen molar-refractivity contribution >= 4 is 11.0 Å². The Hall–Kier alpha value is -1.35. The van der Waals surface area contributed by atoms with E-state index in [9.17, 15) is 0 Å². The molecule has 0 amide bonds. The van der Waals surface area contributed by atoms with Crippen molar-refractivity contribution in [1.29, 1.82) is 0 Å². The molecule has 16 heavy (non-hydrogen) atoms. The topological polar surface area (TPSA) is 43.8 Å². The van der Waals surface area contributed by atoms with Crippen LogP contribution < -0.4 is 5.73 Å². The van der Waals surface area contributed by atoms with Crippen LogP contribution >= 0.6 is 0 Å². The molecule has 0 radical (unpaired) electrons. The number of nitrogens with two attached hydrogens (primary N) is 1. The first-order chi connectivity index (χ1) is 7.75. The van der Waals surface area contributed by atoms with Gasteiger partial charge in [-0.2, -0.15) is 0 Å². The number of rotatable bonds is 3. The number of fused-ring (bicyclic) bond motifs is 1. The Kier molecular flexibility index (Phi) is 2.21. The summed E-state index contributed by atoms with van der Waals surface area (Å²) in [5, 5.41) is 0. The Balaban J connectivity index is 1.97. The number of hydrogen-bond acceptors (Lipinski definition) is 2. The summed E-state index contributed by atoms with van der Waals surface area (Å²) < 4.78 is 2.25. The molecule has 2 aromatic rings. The van der Waals surface area contributed by atoms with Crippen LogP contribution in [0.15, 0.2) is 24.3 Å². The molecule has 0 saturated heterocycles. The third-order valence-corrected chi connectivity index (χ3v) is 3.47. The molecule has 1 aromatic carbocycles. The van der Waals surface area contributed by atoms with E-state index in [0.29, 0.717) is 0 Å². The fraction of sp³-hybridized carbons (Fsp3) is 0.462. The molecule has 1 aliphatic rings. The fourth-order valence-electron chi connectivity index (χ4n) is 2.31. The molecule has 3 rings (SSSR count). The van der Waals surface area contributed by atoms with E-state index in [-0.39, 0.29) is 6.04 Å². The van der Waals surface area contributed by atoms with Crippen molar-refractivity contribution < 1.29 is 0 Å². The zero-order valence-electron chi connectivity index (χ0n) is 9.56. The molecular weight excluding hydrogens is 198 g/mol. The van der Waals surface area contributed by atoms with Crippen LogP contribution in [0.2, 0.25) is 0 Å². The van der Waals surface area contributed by atoms with Gasteiger partial charge in [0.1, 0.15) is 5.82 Å². The lowest BCUT2D eigenvalue weighted by Crippen LogP contribution is -2.28. The van der Waals surface area contributed by atoms with Gasteiger partial charge >= 0.3 is 0 Å². The first-order valence-electron chi connectivity index (χ1n) is 5.93. The van der Waals surface area contributed by atoms with Crippen molar-refractivity contribution in [3.8, 4) is 0 Å². The maximum Gasteiger partial charge on any atom is 0.106 e. The zero-order chi connectivity index (χ0) is 11.1. The summed E-state index contributed by atoms with van der Waals surface area (Å²) in [7, 11) is 0. The summed E-state index contributed by atoms with van der Waals surface area (Å²) in [6, 6.07) is 8.55. The van der Waals surface area contributed by atoms with E-state index in [1.807, 2.05) is 6.07 Å². The standard InChI is InChI=1S/C13H17N3/c1-9-15-12-4-2-3-5-13(12)16(9)8-11(14)10-6-7-10/h2-5,10-11H,6-8,14H2,1H3. The van der Waals surface area contributed by atoms with Crippen LogP contribution in [-0.4, -0.2) is 15.6 Å². The Morgan fingerprint density at radius 2 is 2.19 bits per heavy atom. The van der Waals surface area contributed by atoms with Gasteiger partial charge in [0.05, 0.1) is 11.0 Å². The van der Waals surface area contributed by atoms with Gasteiger partial charge in [0.2, 0.25) is 0 Å². The summed E-state index contributed by atoms with van der Waals surface area (Å²) >= 11 is 0. The van der Waals surface area contributed by atoms with Crippen LogP contribution in [0.4, 0.5) is 0 Å². The van der Waals surface area contributed by atoms with Gasteiger partial charge in [0.15, 0.2) is 0 Å². The van der Waals surface area contributed by atoms with E-state index in [1.165, 1.54) is 18.4 Å². The second-order valence-electron chi connectivity index (χ2n) is 4.76. The number of aromatic nitrogens is 2. The van der Waals surface area contributed by atoms with E-state index >= 15 is 0 Å². The van der Waals surface area contributed by atoms with Crippen molar-refractivity contribution in [3.05, 3.63) is 30.1 Å². The number of benzene rings is 1. The van der Waals surface area contributed by atoms with Crippen molar-refractivity contribution in [2.45, 2.75) is 32.4 Å². The Labute approximate surface area is 95.3 Å². The SMILES string of the molecule is Cc1nc2ccccc2n1CC(N)C1CC1. The van der Waals surface area contributed by atoms with Crippen LogP contribution in [0.3, 0.4) is 0 Å². The van der Waals surface area contributed by atoms with Crippen molar-refractivity contribution in [1.82, 2.24) is 9.55 Å². The van der Waals surface area contributed by atoms with E-state index in [1.54, 1.807) is 0 Å². The van der Waals surface area contributed by atoms with E-state index in [2.05, 4.69) is 34.7 Å². The lowest BCUT2D eigenvalue weighted by Gasteiger charge is -2.13. The van der Waals surface area contributed by atoms with Crippen LogP contribution in [0, 0.1) is 12.8 Å². The molecule has 1 aliphatic carbocycles. The fourth-order valence-corrected chi connectivity index (χ4v) is 2.31. The van der Waals surface area contributed by atoms with Gasteiger partial charge in [-0.1, -0.05) is 12.1 Å². The lowest BCUT2D eigenvalue weighted by atomic mass is 10.2. The molecule has 3 nitrogen and oxygen atoms in total. The Morgan fingerprint density at radius 3 is 2.94 bits per heavy atom.